The van der Waals surface area contributed by atoms with Crippen LogP contribution in [0.4, 0.5) is 10.1 Å². The third-order valence-electron chi connectivity index (χ3n) is 5.69. The van der Waals surface area contributed by atoms with E-state index < -0.39 is 4.92 Å². The van der Waals surface area contributed by atoms with Gasteiger partial charge in [0, 0.05) is 30.7 Å². The number of nitrogens with zero attached hydrogens (tertiary/aromatic N) is 4. The van der Waals surface area contributed by atoms with Crippen molar-refractivity contribution in [2.45, 2.75) is 25.8 Å². The number of benzene rings is 3. The van der Waals surface area contributed by atoms with Gasteiger partial charge in [-0.05, 0) is 30.2 Å². The van der Waals surface area contributed by atoms with Crippen LogP contribution in [0.3, 0.4) is 0 Å². The van der Waals surface area contributed by atoms with E-state index in [0.717, 1.165) is 5.56 Å². The lowest BCUT2D eigenvalue weighted by Crippen LogP contribution is -2.36. The zero-order valence-electron chi connectivity index (χ0n) is 19.0. The standard InChI is InChI=1S/C26H23FN4O4/c1-18(20-6-3-2-4-7-20)30(25(32)16-19-10-12-22(27)13-11-19)15-14-24-28-26(29-35-24)21-8-5-9-23(17-21)31(33)34/h2-13,17-18H,14-16H2,1H3/t18-/m0/s1. The van der Waals surface area contributed by atoms with Crippen LogP contribution in [0.2, 0.25) is 0 Å². The van der Waals surface area contributed by atoms with Crippen LogP contribution in [-0.2, 0) is 17.6 Å². The average Bonchev–Trinajstić information content (AvgIpc) is 3.35. The van der Waals surface area contributed by atoms with Crippen molar-refractivity contribution < 1.29 is 18.6 Å². The van der Waals surface area contributed by atoms with Crippen LogP contribution in [0.1, 0.15) is 30.0 Å². The first kappa shape index (κ1) is 23.7. The predicted molar refractivity (Wildman–Crippen MR) is 127 cm³/mol. The van der Waals surface area contributed by atoms with E-state index in [1.165, 1.54) is 24.3 Å². The van der Waals surface area contributed by atoms with Crippen molar-refractivity contribution in [3.8, 4) is 11.4 Å². The van der Waals surface area contributed by atoms with Gasteiger partial charge in [0.25, 0.3) is 5.69 Å². The van der Waals surface area contributed by atoms with Gasteiger partial charge in [-0.15, -0.1) is 0 Å². The summed E-state index contributed by atoms with van der Waals surface area (Å²) >= 11 is 0. The number of hydrogen-bond donors (Lipinski definition) is 0. The zero-order valence-corrected chi connectivity index (χ0v) is 19.0. The Hall–Kier alpha value is -4.40. The minimum absolute atomic E-state index is 0.0666. The first-order valence-corrected chi connectivity index (χ1v) is 11.1. The third-order valence-corrected chi connectivity index (χ3v) is 5.69. The molecule has 3 aromatic carbocycles. The van der Waals surface area contributed by atoms with E-state index >= 15 is 0 Å². The molecule has 4 aromatic rings. The highest BCUT2D eigenvalue weighted by atomic mass is 19.1. The molecule has 4 rings (SSSR count). The number of carbonyl (C=O) groups is 1. The van der Waals surface area contributed by atoms with Gasteiger partial charge < -0.3 is 9.42 Å². The Morgan fingerprint density at radius 1 is 1.09 bits per heavy atom. The molecule has 0 saturated heterocycles. The molecule has 0 aliphatic heterocycles. The number of aromatic nitrogens is 2. The van der Waals surface area contributed by atoms with E-state index in [0.29, 0.717) is 30.0 Å². The second-order valence-corrected chi connectivity index (χ2v) is 8.05. The van der Waals surface area contributed by atoms with E-state index in [2.05, 4.69) is 10.1 Å². The molecule has 9 heteroatoms. The SMILES string of the molecule is C[C@@H](c1ccccc1)N(CCc1nc(-c2cccc([N+](=O)[O-])c2)no1)C(=O)Cc1ccc(F)cc1. The maximum Gasteiger partial charge on any atom is 0.270 e. The van der Waals surface area contributed by atoms with Crippen LogP contribution in [0.25, 0.3) is 11.4 Å². The lowest BCUT2D eigenvalue weighted by molar-refractivity contribution is -0.384. The fraction of sp³-hybridized carbons (Fsp3) is 0.192. The van der Waals surface area contributed by atoms with Gasteiger partial charge >= 0.3 is 0 Å². The topological polar surface area (TPSA) is 102 Å². The fourth-order valence-corrected chi connectivity index (χ4v) is 3.77. The molecule has 0 saturated carbocycles. The highest BCUT2D eigenvalue weighted by Crippen LogP contribution is 2.24. The minimum Gasteiger partial charge on any atom is -0.339 e. The minimum atomic E-state index is -0.486. The number of halogens is 1. The molecule has 1 amide bonds. The molecule has 0 N–H and O–H groups in total. The van der Waals surface area contributed by atoms with E-state index in [4.69, 9.17) is 4.52 Å². The molecule has 1 aromatic heterocycles. The quantitative estimate of drug-likeness (QED) is 0.245. The number of amides is 1. The Kier molecular flexibility index (Phi) is 7.25. The molecular weight excluding hydrogens is 451 g/mol. The van der Waals surface area contributed by atoms with Crippen molar-refractivity contribution in [2.75, 3.05) is 6.54 Å². The average molecular weight is 474 g/mol. The predicted octanol–water partition coefficient (Wildman–Crippen LogP) is 5.16. The number of rotatable bonds is 9. The van der Waals surface area contributed by atoms with Gasteiger partial charge in [0.1, 0.15) is 5.82 Å². The molecule has 0 fully saturated rings. The highest BCUT2D eigenvalue weighted by molar-refractivity contribution is 5.79. The first-order chi connectivity index (χ1) is 16.9. The molecule has 1 atom stereocenters. The van der Waals surface area contributed by atoms with Crippen LogP contribution >= 0.6 is 0 Å². The molecule has 0 unspecified atom stereocenters. The lowest BCUT2D eigenvalue weighted by Gasteiger charge is -2.29. The van der Waals surface area contributed by atoms with Crippen LogP contribution in [0.15, 0.2) is 83.4 Å². The zero-order chi connectivity index (χ0) is 24.8. The second kappa shape index (κ2) is 10.7. The van der Waals surface area contributed by atoms with Gasteiger partial charge in [0.05, 0.1) is 17.4 Å². The van der Waals surface area contributed by atoms with Gasteiger partial charge in [0.15, 0.2) is 0 Å². The molecule has 178 valence electrons. The van der Waals surface area contributed by atoms with Crippen LogP contribution < -0.4 is 0 Å². The van der Waals surface area contributed by atoms with E-state index in [1.54, 1.807) is 29.2 Å². The highest BCUT2D eigenvalue weighted by Gasteiger charge is 2.23. The third kappa shape index (κ3) is 5.94. The van der Waals surface area contributed by atoms with Gasteiger partial charge in [0.2, 0.25) is 17.6 Å². The summed E-state index contributed by atoms with van der Waals surface area (Å²) in [6, 6.07) is 21.3. The number of non-ortho nitro benzene ring substituents is 1. The molecule has 0 spiro atoms. The summed E-state index contributed by atoms with van der Waals surface area (Å²) in [7, 11) is 0. The number of hydrogen-bond acceptors (Lipinski definition) is 6. The Bertz CT molecular complexity index is 1310. The molecule has 35 heavy (non-hydrogen) atoms. The smallest absolute Gasteiger partial charge is 0.270 e. The number of carbonyl (C=O) groups excluding carboxylic acids is 1. The molecule has 8 nitrogen and oxygen atoms in total. The second-order valence-electron chi connectivity index (χ2n) is 8.05. The van der Waals surface area contributed by atoms with Crippen molar-refractivity contribution in [1.29, 1.82) is 0 Å². The first-order valence-electron chi connectivity index (χ1n) is 11.1. The van der Waals surface area contributed by atoms with E-state index in [-0.39, 0.29) is 35.7 Å². The Morgan fingerprint density at radius 2 is 1.83 bits per heavy atom. The molecule has 1 heterocycles. The van der Waals surface area contributed by atoms with Crippen LogP contribution in [0, 0.1) is 15.9 Å². The molecular formula is C26H23FN4O4. The summed E-state index contributed by atoms with van der Waals surface area (Å²) in [5.74, 6) is 0.0772. The summed E-state index contributed by atoms with van der Waals surface area (Å²) in [5.41, 5.74) is 2.09. The summed E-state index contributed by atoms with van der Waals surface area (Å²) in [5, 5.41) is 15.0. The lowest BCUT2D eigenvalue weighted by atomic mass is 10.0. The summed E-state index contributed by atoms with van der Waals surface area (Å²) < 4.78 is 18.6. The van der Waals surface area contributed by atoms with Gasteiger partial charge in [-0.1, -0.05) is 59.8 Å². The number of nitro groups is 1. The van der Waals surface area contributed by atoms with Crippen molar-refractivity contribution in [2.24, 2.45) is 0 Å². The molecule has 0 aliphatic carbocycles. The Morgan fingerprint density at radius 3 is 2.54 bits per heavy atom. The summed E-state index contributed by atoms with van der Waals surface area (Å²) in [6.07, 6.45) is 0.425. The van der Waals surface area contributed by atoms with Crippen LogP contribution in [-0.4, -0.2) is 32.4 Å². The van der Waals surface area contributed by atoms with Crippen molar-refractivity contribution in [3.63, 3.8) is 0 Å². The summed E-state index contributed by atoms with van der Waals surface area (Å²) in [6.45, 7) is 2.26. The Balaban J connectivity index is 1.51. The maximum atomic E-state index is 13.3. The van der Waals surface area contributed by atoms with Crippen molar-refractivity contribution in [3.05, 3.63) is 112 Å². The summed E-state index contributed by atoms with van der Waals surface area (Å²) in [4.78, 5) is 29.9. The normalized spacial score (nSPS) is 11.7. The van der Waals surface area contributed by atoms with Crippen molar-refractivity contribution in [1.82, 2.24) is 15.0 Å². The van der Waals surface area contributed by atoms with Gasteiger partial charge in [-0.25, -0.2) is 4.39 Å². The van der Waals surface area contributed by atoms with Crippen molar-refractivity contribution >= 4 is 11.6 Å². The Labute approximate surface area is 201 Å². The monoisotopic (exact) mass is 474 g/mol. The molecule has 0 radical (unpaired) electrons. The maximum absolute atomic E-state index is 13.3. The molecule has 0 aliphatic rings. The fourth-order valence-electron chi connectivity index (χ4n) is 3.77. The number of nitro benzene ring substituents is 1. The van der Waals surface area contributed by atoms with Crippen LogP contribution in [0.5, 0.6) is 0 Å². The molecule has 0 bridgehead atoms. The van der Waals surface area contributed by atoms with E-state index in [1.807, 2.05) is 37.3 Å². The van der Waals surface area contributed by atoms with E-state index in [9.17, 15) is 19.3 Å². The largest absolute Gasteiger partial charge is 0.339 e. The van der Waals surface area contributed by atoms with Gasteiger partial charge in [-0.2, -0.15) is 4.98 Å². The van der Waals surface area contributed by atoms with Gasteiger partial charge in [-0.3, -0.25) is 14.9 Å².